The van der Waals surface area contributed by atoms with Crippen LogP contribution in [0.15, 0.2) is 12.2 Å². The van der Waals surface area contributed by atoms with Gasteiger partial charge in [0.1, 0.15) is 6.10 Å². The molecule has 2 spiro atoms. The monoisotopic (exact) mass is 382 g/mol. The van der Waals surface area contributed by atoms with Gasteiger partial charge in [0.05, 0.1) is 30.3 Å². The van der Waals surface area contributed by atoms with Crippen LogP contribution in [-0.2, 0) is 4.74 Å². The van der Waals surface area contributed by atoms with Crippen LogP contribution in [-0.4, -0.2) is 74.1 Å². The number of hydrogen-bond acceptors (Lipinski definition) is 7. The van der Waals surface area contributed by atoms with Crippen molar-refractivity contribution in [3.63, 3.8) is 0 Å². The average molecular weight is 382 g/mol. The number of aliphatic hydroxyl groups excluding tert-OH is 5. The van der Waals surface area contributed by atoms with Crippen LogP contribution in [0, 0.1) is 34.0 Å². The van der Waals surface area contributed by atoms with Gasteiger partial charge in [0, 0.05) is 23.9 Å². The molecule has 0 aromatic heterocycles. The summed E-state index contributed by atoms with van der Waals surface area (Å²) in [6.07, 6.45) is -2.44. The Labute approximate surface area is 158 Å². The minimum Gasteiger partial charge on any atom is -0.396 e. The zero-order valence-electron chi connectivity index (χ0n) is 15.6. The summed E-state index contributed by atoms with van der Waals surface area (Å²) >= 11 is 0. The van der Waals surface area contributed by atoms with E-state index in [4.69, 9.17) is 4.74 Å². The van der Waals surface area contributed by atoms with Crippen LogP contribution in [0.25, 0.3) is 0 Å². The van der Waals surface area contributed by atoms with Gasteiger partial charge in [-0.3, -0.25) is 0 Å². The summed E-state index contributed by atoms with van der Waals surface area (Å²) in [6.45, 7) is 5.68. The summed E-state index contributed by atoms with van der Waals surface area (Å²) in [7, 11) is 0. The topological polar surface area (TPSA) is 131 Å². The predicted molar refractivity (Wildman–Crippen MR) is 93.1 cm³/mol. The highest BCUT2D eigenvalue weighted by Gasteiger charge is 2.86. The molecule has 7 nitrogen and oxygen atoms in total. The molecule has 2 aliphatic heterocycles. The first-order chi connectivity index (χ1) is 12.6. The highest BCUT2D eigenvalue weighted by Crippen LogP contribution is 2.77. The van der Waals surface area contributed by atoms with Gasteiger partial charge >= 0.3 is 0 Å². The van der Waals surface area contributed by atoms with Crippen LogP contribution in [0.3, 0.4) is 0 Å². The third-order valence-electron chi connectivity index (χ3n) is 9.32. The van der Waals surface area contributed by atoms with Gasteiger partial charge in [-0.25, -0.2) is 0 Å². The second-order valence-electron chi connectivity index (χ2n) is 9.98. The second-order valence-corrected chi connectivity index (χ2v) is 9.98. The van der Waals surface area contributed by atoms with Crippen LogP contribution >= 0.6 is 0 Å². The summed E-state index contributed by atoms with van der Waals surface area (Å²) in [4.78, 5) is 0. The minimum atomic E-state index is -2.16. The summed E-state index contributed by atoms with van der Waals surface area (Å²) in [5, 5.41) is 66.7. The van der Waals surface area contributed by atoms with E-state index in [0.29, 0.717) is 31.3 Å². The molecule has 11 atom stereocenters. The molecule has 4 bridgehead atoms. The summed E-state index contributed by atoms with van der Waals surface area (Å²) < 4.78 is 5.83. The summed E-state index contributed by atoms with van der Waals surface area (Å²) in [6, 6.07) is 0. The number of hydrogen-bond donors (Lipinski definition) is 6. The van der Waals surface area contributed by atoms with Crippen molar-refractivity contribution < 1.29 is 35.4 Å². The van der Waals surface area contributed by atoms with E-state index >= 15 is 0 Å². The number of rotatable bonds is 1. The van der Waals surface area contributed by atoms with Gasteiger partial charge in [-0.05, 0) is 42.6 Å². The maximum Gasteiger partial charge on any atom is 0.203 e. The largest absolute Gasteiger partial charge is 0.396 e. The third-order valence-corrected chi connectivity index (χ3v) is 9.32. The molecular weight excluding hydrogens is 352 g/mol. The lowest BCUT2D eigenvalue weighted by Gasteiger charge is -2.75. The summed E-state index contributed by atoms with van der Waals surface area (Å²) in [5.41, 5.74) is -2.70. The Morgan fingerprint density at radius 2 is 1.81 bits per heavy atom. The molecule has 0 amide bonds. The Hall–Kier alpha value is -0.540. The quantitative estimate of drug-likeness (QED) is 0.325. The van der Waals surface area contributed by atoms with E-state index in [2.05, 4.69) is 6.58 Å². The molecule has 2 saturated heterocycles. The van der Waals surface area contributed by atoms with Crippen molar-refractivity contribution in [3.05, 3.63) is 12.2 Å². The first-order valence-corrected chi connectivity index (χ1v) is 10.0. The van der Waals surface area contributed by atoms with E-state index in [9.17, 15) is 30.6 Å². The smallest absolute Gasteiger partial charge is 0.203 e. The van der Waals surface area contributed by atoms with Gasteiger partial charge in [0.2, 0.25) is 5.79 Å². The summed E-state index contributed by atoms with van der Waals surface area (Å²) in [5.74, 6) is -3.57. The predicted octanol–water partition coefficient (Wildman–Crippen LogP) is -0.860. The van der Waals surface area contributed by atoms with Crippen molar-refractivity contribution in [2.45, 2.75) is 62.8 Å². The molecule has 6 fully saturated rings. The van der Waals surface area contributed by atoms with E-state index in [1.165, 1.54) is 0 Å². The molecule has 4 saturated carbocycles. The molecule has 6 N–H and O–H groups in total. The van der Waals surface area contributed by atoms with Gasteiger partial charge in [0.15, 0.2) is 0 Å². The number of fused-ring (bicyclic) bond motifs is 2. The lowest BCUT2D eigenvalue weighted by Crippen LogP contribution is -2.86. The SMILES string of the molecule is C=C1[C@@H](O)[C@]23[C@H](O)[C@H]1CC[C@H]2[C@@]12CO[C@]3(O)[C@@H](O)[C@@H]1[C@](C)(CO)CC[C@H]2O. The van der Waals surface area contributed by atoms with E-state index < -0.39 is 58.3 Å². The Morgan fingerprint density at radius 3 is 2.48 bits per heavy atom. The van der Waals surface area contributed by atoms with Crippen molar-refractivity contribution in [2.75, 3.05) is 13.2 Å². The van der Waals surface area contributed by atoms with Crippen molar-refractivity contribution >= 4 is 0 Å². The van der Waals surface area contributed by atoms with Crippen LogP contribution < -0.4 is 0 Å². The van der Waals surface area contributed by atoms with Crippen LogP contribution in [0.4, 0.5) is 0 Å². The molecule has 7 heteroatoms. The van der Waals surface area contributed by atoms with Gasteiger partial charge < -0.3 is 35.4 Å². The normalized spacial score (nSPS) is 64.4. The average Bonchev–Trinajstić information content (AvgIpc) is 2.76. The first-order valence-electron chi connectivity index (χ1n) is 10.0. The fourth-order valence-corrected chi connectivity index (χ4v) is 8.16. The van der Waals surface area contributed by atoms with Crippen molar-refractivity contribution in [1.29, 1.82) is 0 Å². The number of aliphatic hydroxyl groups is 6. The van der Waals surface area contributed by atoms with Gasteiger partial charge in [-0.1, -0.05) is 13.5 Å². The van der Waals surface area contributed by atoms with E-state index in [1.807, 2.05) is 6.92 Å². The fraction of sp³-hybridized carbons (Fsp3) is 0.900. The van der Waals surface area contributed by atoms with Crippen LogP contribution in [0.1, 0.15) is 32.6 Å². The fourth-order valence-electron chi connectivity index (χ4n) is 8.16. The lowest BCUT2D eigenvalue weighted by atomic mass is 9.35. The lowest BCUT2D eigenvalue weighted by molar-refractivity contribution is -0.478. The molecule has 6 aliphatic rings. The first kappa shape index (κ1) is 18.5. The molecule has 0 radical (unpaired) electrons. The standard InChI is InChI=1S/C20H30O7/c1-9-10-3-4-11-18-8-27-20(26,19(11,14(9)23)15(10)24)16(25)13(18)17(2,7-21)6-5-12(18)22/h10-16,21-26H,1,3-8H2,2H3/t10-,11-,12+,13+,14+,15+,16-,17-,18+,19-,20+/m0/s1. The molecule has 0 aromatic carbocycles. The van der Waals surface area contributed by atoms with Gasteiger partial charge in [-0.2, -0.15) is 0 Å². The Bertz CT molecular complexity index is 698. The highest BCUT2D eigenvalue weighted by molar-refractivity contribution is 5.38. The van der Waals surface area contributed by atoms with Gasteiger partial charge in [-0.15, -0.1) is 0 Å². The molecule has 27 heavy (non-hydrogen) atoms. The molecular formula is C20H30O7. The van der Waals surface area contributed by atoms with Crippen molar-refractivity contribution in [2.24, 2.45) is 34.0 Å². The molecule has 152 valence electrons. The highest BCUT2D eigenvalue weighted by atomic mass is 16.6. The van der Waals surface area contributed by atoms with Gasteiger partial charge in [0.25, 0.3) is 0 Å². The molecule has 4 aliphatic carbocycles. The second kappa shape index (κ2) is 5.14. The van der Waals surface area contributed by atoms with E-state index in [0.717, 1.165) is 0 Å². The Balaban J connectivity index is 1.79. The van der Waals surface area contributed by atoms with E-state index in [1.54, 1.807) is 0 Å². The van der Waals surface area contributed by atoms with Crippen molar-refractivity contribution in [3.8, 4) is 0 Å². The van der Waals surface area contributed by atoms with Crippen LogP contribution in [0.5, 0.6) is 0 Å². The number of ether oxygens (including phenoxy) is 1. The molecule has 6 rings (SSSR count). The molecule has 2 heterocycles. The van der Waals surface area contributed by atoms with E-state index in [-0.39, 0.29) is 19.1 Å². The van der Waals surface area contributed by atoms with Crippen molar-refractivity contribution in [1.82, 2.24) is 0 Å². The molecule has 0 aromatic rings. The Kier molecular flexibility index (Phi) is 3.52. The Morgan fingerprint density at radius 1 is 1.11 bits per heavy atom. The maximum absolute atomic E-state index is 11.7. The zero-order chi connectivity index (χ0) is 19.6. The maximum atomic E-state index is 11.7. The minimum absolute atomic E-state index is 0.0327. The molecule has 0 unspecified atom stereocenters. The van der Waals surface area contributed by atoms with Crippen LogP contribution in [0.2, 0.25) is 0 Å². The zero-order valence-corrected chi connectivity index (χ0v) is 15.6. The third kappa shape index (κ3) is 1.60.